The van der Waals surface area contributed by atoms with E-state index in [1.165, 1.54) is 4.90 Å². The van der Waals surface area contributed by atoms with Crippen LogP contribution < -0.4 is 4.90 Å². The molecule has 140 valence electrons. The normalized spacial score (nSPS) is 29.1. The lowest BCUT2D eigenvalue weighted by molar-refractivity contribution is -0.124. The Morgan fingerprint density at radius 1 is 1.15 bits per heavy atom. The number of halogens is 3. The fourth-order valence-corrected chi connectivity index (χ4v) is 5.33. The highest BCUT2D eigenvalue weighted by Crippen LogP contribution is 2.49. The van der Waals surface area contributed by atoms with E-state index in [0.29, 0.717) is 26.9 Å². The van der Waals surface area contributed by atoms with Crippen LogP contribution in [-0.2, 0) is 20.9 Å². The number of anilines is 1. The molecular weight excluding hydrogens is 457 g/mol. The van der Waals surface area contributed by atoms with Crippen LogP contribution in [0.2, 0.25) is 10.0 Å². The van der Waals surface area contributed by atoms with E-state index < -0.39 is 0 Å². The van der Waals surface area contributed by atoms with Crippen molar-refractivity contribution < 1.29 is 14.3 Å². The minimum absolute atomic E-state index is 0.143. The predicted molar refractivity (Wildman–Crippen MR) is 103 cm³/mol. The molecule has 3 saturated heterocycles. The van der Waals surface area contributed by atoms with E-state index in [1.54, 1.807) is 23.0 Å². The lowest BCUT2D eigenvalue weighted by atomic mass is 9.81. The molecule has 9 heteroatoms. The minimum Gasteiger partial charge on any atom is -0.373 e. The van der Waals surface area contributed by atoms with Gasteiger partial charge in [0.1, 0.15) is 0 Å². The SMILES string of the molecule is O=C1[C@@H]2[C@H](C(=O)N1c1nn(Cc3ccc(Cl)cc3Cl)cc1Br)[C@@H]1CC[C@@H]2O1. The number of hydrogen-bond donors (Lipinski definition) is 0. The first-order valence-corrected chi connectivity index (χ1v) is 10.2. The second-order valence-corrected chi connectivity index (χ2v) is 8.79. The monoisotopic (exact) mass is 469 g/mol. The van der Waals surface area contributed by atoms with Crippen LogP contribution in [0.15, 0.2) is 28.9 Å². The Bertz CT molecular complexity index is 951. The number of hydrogen-bond acceptors (Lipinski definition) is 4. The van der Waals surface area contributed by atoms with Crippen molar-refractivity contribution in [2.45, 2.75) is 31.6 Å². The van der Waals surface area contributed by atoms with E-state index in [0.717, 1.165) is 18.4 Å². The molecule has 2 bridgehead atoms. The van der Waals surface area contributed by atoms with Crippen molar-refractivity contribution >= 4 is 56.8 Å². The predicted octanol–water partition coefficient (Wildman–Crippen LogP) is 3.67. The average molecular weight is 471 g/mol. The number of imide groups is 1. The molecular formula is C18H14BrCl2N3O3. The lowest BCUT2D eigenvalue weighted by Crippen LogP contribution is -2.34. The lowest BCUT2D eigenvalue weighted by Gasteiger charge is -2.15. The first-order valence-electron chi connectivity index (χ1n) is 8.64. The standard InChI is InChI=1S/C18H14BrCl2N3O3/c19-10-7-23(6-8-1-2-9(20)5-11(8)21)22-16(10)24-17(25)14-12-3-4-13(27-12)15(14)18(24)26/h1-2,5,7,12-15H,3-4,6H2/t12-,13-,14-,15+/m0/s1. The van der Waals surface area contributed by atoms with E-state index in [2.05, 4.69) is 21.0 Å². The quantitative estimate of drug-likeness (QED) is 0.642. The Morgan fingerprint density at radius 2 is 1.81 bits per heavy atom. The molecule has 0 unspecified atom stereocenters. The maximum atomic E-state index is 12.9. The first-order chi connectivity index (χ1) is 12.9. The maximum absolute atomic E-state index is 12.9. The highest BCUT2D eigenvalue weighted by Gasteiger charge is 2.63. The van der Waals surface area contributed by atoms with Gasteiger partial charge in [-0.05, 0) is 46.5 Å². The summed E-state index contributed by atoms with van der Waals surface area (Å²) in [5, 5.41) is 5.56. The molecule has 2 aromatic rings. The van der Waals surface area contributed by atoms with E-state index in [9.17, 15) is 9.59 Å². The van der Waals surface area contributed by atoms with E-state index in [1.807, 2.05) is 6.07 Å². The van der Waals surface area contributed by atoms with Gasteiger partial charge in [0.15, 0.2) is 5.82 Å². The molecule has 1 aromatic carbocycles. The third-order valence-electron chi connectivity index (χ3n) is 5.54. The van der Waals surface area contributed by atoms with Crippen molar-refractivity contribution in [2.24, 2.45) is 11.8 Å². The summed E-state index contributed by atoms with van der Waals surface area (Å²) < 4.78 is 8.00. The van der Waals surface area contributed by atoms with Crippen molar-refractivity contribution in [1.82, 2.24) is 9.78 Å². The molecule has 0 N–H and O–H groups in total. The summed E-state index contributed by atoms with van der Waals surface area (Å²) >= 11 is 15.6. The highest BCUT2D eigenvalue weighted by molar-refractivity contribution is 9.10. The molecule has 27 heavy (non-hydrogen) atoms. The van der Waals surface area contributed by atoms with Gasteiger partial charge in [0.2, 0.25) is 11.8 Å². The van der Waals surface area contributed by atoms with Crippen molar-refractivity contribution in [1.29, 1.82) is 0 Å². The molecule has 4 heterocycles. The summed E-state index contributed by atoms with van der Waals surface area (Å²) in [5.41, 5.74) is 0.838. The fraction of sp³-hybridized carbons (Fsp3) is 0.389. The second-order valence-electron chi connectivity index (χ2n) is 7.09. The van der Waals surface area contributed by atoms with Crippen molar-refractivity contribution in [3.05, 3.63) is 44.5 Å². The van der Waals surface area contributed by atoms with Gasteiger partial charge in [-0.1, -0.05) is 29.3 Å². The minimum atomic E-state index is -0.376. The van der Waals surface area contributed by atoms with Gasteiger partial charge >= 0.3 is 0 Å². The van der Waals surface area contributed by atoms with Gasteiger partial charge in [-0.3, -0.25) is 14.3 Å². The van der Waals surface area contributed by atoms with Crippen LogP contribution in [0.3, 0.4) is 0 Å². The molecule has 0 radical (unpaired) electrons. The molecule has 3 aliphatic heterocycles. The Hall–Kier alpha value is -1.41. The number of ether oxygens (including phenoxy) is 1. The van der Waals surface area contributed by atoms with Crippen LogP contribution in [0.4, 0.5) is 5.82 Å². The second kappa shape index (κ2) is 6.30. The summed E-state index contributed by atoms with van der Waals surface area (Å²) in [5.74, 6) is -0.859. The number of aromatic nitrogens is 2. The molecule has 0 aliphatic carbocycles. The van der Waals surface area contributed by atoms with Crippen LogP contribution >= 0.6 is 39.1 Å². The number of carbonyl (C=O) groups excluding carboxylic acids is 2. The van der Waals surface area contributed by atoms with Crippen LogP contribution in [0.5, 0.6) is 0 Å². The molecule has 4 atom stereocenters. The zero-order valence-corrected chi connectivity index (χ0v) is 17.0. The molecule has 1 aromatic heterocycles. The number of nitrogens with zero attached hydrogens (tertiary/aromatic N) is 3. The van der Waals surface area contributed by atoms with E-state index in [4.69, 9.17) is 27.9 Å². The van der Waals surface area contributed by atoms with Gasteiger partial charge < -0.3 is 4.74 Å². The molecule has 2 amide bonds. The zero-order valence-electron chi connectivity index (χ0n) is 13.9. The van der Waals surface area contributed by atoms with Crippen LogP contribution in [0.1, 0.15) is 18.4 Å². The third kappa shape index (κ3) is 2.67. The topological polar surface area (TPSA) is 64.4 Å². The summed E-state index contributed by atoms with van der Waals surface area (Å²) in [6, 6.07) is 5.25. The Labute approximate surface area is 173 Å². The van der Waals surface area contributed by atoms with Gasteiger partial charge in [-0.15, -0.1) is 0 Å². The summed E-state index contributed by atoms with van der Waals surface area (Å²) in [4.78, 5) is 27.1. The number of benzene rings is 1. The smallest absolute Gasteiger partial charge is 0.241 e. The van der Waals surface area contributed by atoms with Gasteiger partial charge in [-0.25, -0.2) is 4.90 Å². The molecule has 0 spiro atoms. The summed E-state index contributed by atoms with van der Waals surface area (Å²) in [6.45, 7) is 0.395. The first kappa shape index (κ1) is 17.7. The molecule has 3 aliphatic rings. The Morgan fingerprint density at radius 3 is 2.44 bits per heavy atom. The molecule has 3 fully saturated rings. The van der Waals surface area contributed by atoms with E-state index in [-0.39, 0.29) is 35.9 Å². The molecule has 0 saturated carbocycles. The number of fused-ring (bicyclic) bond motifs is 5. The summed E-state index contributed by atoms with van der Waals surface area (Å²) in [6.07, 6.45) is 3.12. The van der Waals surface area contributed by atoms with Crippen molar-refractivity contribution in [2.75, 3.05) is 4.90 Å². The van der Waals surface area contributed by atoms with Gasteiger partial charge in [0.05, 0.1) is 35.1 Å². The van der Waals surface area contributed by atoms with Gasteiger partial charge in [0, 0.05) is 16.2 Å². The number of rotatable bonds is 3. The maximum Gasteiger partial charge on any atom is 0.241 e. The Balaban J connectivity index is 1.45. The molecule has 6 nitrogen and oxygen atoms in total. The van der Waals surface area contributed by atoms with Crippen molar-refractivity contribution in [3.8, 4) is 0 Å². The highest BCUT2D eigenvalue weighted by atomic mass is 79.9. The number of carbonyl (C=O) groups is 2. The van der Waals surface area contributed by atoms with Crippen LogP contribution in [0.25, 0.3) is 0 Å². The summed E-state index contributed by atoms with van der Waals surface area (Å²) in [7, 11) is 0. The van der Waals surface area contributed by atoms with Crippen LogP contribution in [0, 0.1) is 11.8 Å². The van der Waals surface area contributed by atoms with Crippen LogP contribution in [-0.4, -0.2) is 33.8 Å². The molecule has 5 rings (SSSR count). The number of amides is 2. The Kier molecular flexibility index (Phi) is 4.13. The van der Waals surface area contributed by atoms with Gasteiger partial charge in [-0.2, -0.15) is 5.10 Å². The zero-order chi connectivity index (χ0) is 18.9. The fourth-order valence-electron chi connectivity index (χ4n) is 4.36. The average Bonchev–Trinajstić information content (AvgIpc) is 3.36. The largest absolute Gasteiger partial charge is 0.373 e. The third-order valence-corrected chi connectivity index (χ3v) is 6.69. The van der Waals surface area contributed by atoms with Gasteiger partial charge in [0.25, 0.3) is 0 Å². The van der Waals surface area contributed by atoms with Crippen molar-refractivity contribution in [3.63, 3.8) is 0 Å². The van der Waals surface area contributed by atoms with E-state index >= 15 is 0 Å².